The summed E-state index contributed by atoms with van der Waals surface area (Å²) < 4.78 is 3.01. The van der Waals surface area contributed by atoms with E-state index in [0.717, 1.165) is 10.2 Å². The van der Waals surface area contributed by atoms with E-state index in [0.29, 0.717) is 6.37 Å². The van der Waals surface area contributed by atoms with Gasteiger partial charge in [-0.25, -0.2) is 4.45 Å². The van der Waals surface area contributed by atoms with E-state index >= 15 is 0 Å². The average molecular weight is 319 g/mol. The number of halogens is 2. The summed E-state index contributed by atoms with van der Waals surface area (Å²) in [7, 11) is 0. The quantitative estimate of drug-likeness (QED) is 0.575. The molecule has 1 atom stereocenters. The summed E-state index contributed by atoms with van der Waals surface area (Å²) in [6.45, 7) is 1.98. The van der Waals surface area contributed by atoms with Crippen molar-refractivity contribution in [1.82, 2.24) is 9.55 Å². The summed E-state index contributed by atoms with van der Waals surface area (Å²) in [5.74, 6) is 0. The minimum Gasteiger partial charge on any atom is -0.244 e. The molecule has 0 aliphatic carbocycles. The Morgan fingerprint density at radius 2 is 2.56 bits per heavy atom. The molecular weight excluding hydrogens is 314 g/mol. The molecule has 50 valence electrons. The molecular formula is C4H5BrIN2P. The number of aromatic nitrogens is 2. The third-order valence-corrected chi connectivity index (χ3v) is 3.59. The Balaban J connectivity index is 2.98. The molecule has 1 rings (SSSR count). The van der Waals surface area contributed by atoms with Gasteiger partial charge in [-0.2, -0.15) is 5.10 Å². The maximum Gasteiger partial charge on any atom is 0.0739 e. The Bertz CT molecular complexity index is 193. The molecule has 5 heteroatoms. The molecule has 0 bridgehead atoms. The van der Waals surface area contributed by atoms with Gasteiger partial charge in [-0.05, 0) is 44.9 Å². The Labute approximate surface area is 76.8 Å². The van der Waals surface area contributed by atoms with Gasteiger partial charge in [0.05, 0.1) is 16.5 Å². The minimum atomic E-state index is 0.693. The molecule has 0 radical (unpaired) electrons. The van der Waals surface area contributed by atoms with Crippen molar-refractivity contribution in [1.29, 1.82) is 0 Å². The number of hydrogen-bond donors (Lipinski definition) is 0. The summed E-state index contributed by atoms with van der Waals surface area (Å²) in [6.07, 6.45) is 2.68. The van der Waals surface area contributed by atoms with Crippen molar-refractivity contribution in [2.24, 2.45) is 0 Å². The first kappa shape index (κ1) is 7.95. The second-order valence-corrected chi connectivity index (χ2v) is 4.52. The molecule has 0 amide bonds. The van der Waals surface area contributed by atoms with Crippen LogP contribution in [0.2, 0.25) is 0 Å². The Morgan fingerprint density at radius 3 is 2.78 bits per heavy atom. The van der Waals surface area contributed by atoms with Gasteiger partial charge in [0.15, 0.2) is 0 Å². The second kappa shape index (κ2) is 3.30. The van der Waals surface area contributed by atoms with Crippen LogP contribution in [-0.2, 0) is 0 Å². The van der Waals surface area contributed by atoms with Crippen LogP contribution in [0.5, 0.6) is 0 Å². The number of aryl methyl sites for hydroxylation is 1. The van der Waals surface area contributed by atoms with Gasteiger partial charge in [-0.1, -0.05) is 0 Å². The van der Waals surface area contributed by atoms with Crippen LogP contribution in [0, 0.1) is 6.92 Å². The van der Waals surface area contributed by atoms with Crippen molar-refractivity contribution in [2.75, 3.05) is 0 Å². The molecule has 0 aliphatic rings. The highest BCUT2D eigenvalue weighted by atomic mass is 127. The first-order valence-electron chi connectivity index (χ1n) is 2.32. The summed E-state index contributed by atoms with van der Waals surface area (Å²) >= 11 is 5.67. The number of rotatable bonds is 1. The van der Waals surface area contributed by atoms with Crippen LogP contribution in [0.25, 0.3) is 0 Å². The summed E-state index contributed by atoms with van der Waals surface area (Å²) in [4.78, 5) is 0. The fourth-order valence-corrected chi connectivity index (χ4v) is 2.05. The van der Waals surface area contributed by atoms with Crippen molar-refractivity contribution < 1.29 is 0 Å². The van der Waals surface area contributed by atoms with Crippen LogP contribution in [-0.4, -0.2) is 9.55 Å². The van der Waals surface area contributed by atoms with Crippen LogP contribution in [0.15, 0.2) is 10.7 Å². The maximum atomic E-state index is 4.20. The average Bonchev–Trinajstić information content (AvgIpc) is 2.13. The van der Waals surface area contributed by atoms with E-state index in [4.69, 9.17) is 0 Å². The van der Waals surface area contributed by atoms with Crippen LogP contribution in [0.4, 0.5) is 0 Å². The van der Waals surface area contributed by atoms with Crippen molar-refractivity contribution in [3.8, 4) is 0 Å². The lowest BCUT2D eigenvalue weighted by Crippen LogP contribution is -1.79. The SMILES string of the molecule is Cc1nn(PI)cc1Br. The van der Waals surface area contributed by atoms with Gasteiger partial charge in [-0.3, -0.25) is 0 Å². The molecule has 0 saturated heterocycles. The fraction of sp³-hybridized carbons (Fsp3) is 0.250. The largest absolute Gasteiger partial charge is 0.244 e. The third kappa shape index (κ3) is 1.88. The van der Waals surface area contributed by atoms with E-state index < -0.39 is 0 Å². The van der Waals surface area contributed by atoms with Gasteiger partial charge < -0.3 is 0 Å². The van der Waals surface area contributed by atoms with E-state index in [9.17, 15) is 0 Å². The summed E-state index contributed by atoms with van der Waals surface area (Å²) in [6, 6.07) is 0. The predicted molar refractivity (Wildman–Crippen MR) is 52.4 cm³/mol. The van der Waals surface area contributed by atoms with Gasteiger partial charge in [0.25, 0.3) is 0 Å². The van der Waals surface area contributed by atoms with E-state index in [1.807, 2.05) is 17.6 Å². The molecule has 0 saturated carbocycles. The standard InChI is InChI=1S/C4H5BrIN2P/c1-3-4(5)2-8(7-3)9-6/h2,9H,1H3. The molecule has 9 heavy (non-hydrogen) atoms. The highest BCUT2D eigenvalue weighted by Gasteiger charge is 1.97. The van der Waals surface area contributed by atoms with E-state index in [1.165, 1.54) is 0 Å². The lowest BCUT2D eigenvalue weighted by Gasteiger charge is -1.86. The molecule has 0 aromatic carbocycles. The monoisotopic (exact) mass is 318 g/mol. The molecule has 1 heterocycles. The van der Waals surface area contributed by atoms with Gasteiger partial charge >= 0.3 is 0 Å². The van der Waals surface area contributed by atoms with Crippen LogP contribution < -0.4 is 0 Å². The van der Waals surface area contributed by atoms with Crippen LogP contribution in [0.3, 0.4) is 0 Å². The normalized spacial score (nSPS) is 11.4. The van der Waals surface area contributed by atoms with Gasteiger partial charge in [0.2, 0.25) is 0 Å². The number of nitrogens with zero attached hydrogens (tertiary/aromatic N) is 2. The van der Waals surface area contributed by atoms with Crippen LogP contribution >= 0.6 is 44.3 Å². The molecule has 1 aromatic heterocycles. The summed E-state index contributed by atoms with van der Waals surface area (Å²) in [5.41, 5.74) is 1.05. The van der Waals surface area contributed by atoms with Gasteiger partial charge in [0.1, 0.15) is 0 Å². The predicted octanol–water partition coefficient (Wildman–Crippen LogP) is 2.75. The maximum absolute atomic E-state index is 4.20. The minimum absolute atomic E-state index is 0.693. The van der Waals surface area contributed by atoms with Crippen molar-refractivity contribution >= 4 is 44.3 Å². The lowest BCUT2D eigenvalue weighted by atomic mass is 10.5. The molecule has 0 spiro atoms. The molecule has 2 nitrogen and oxygen atoms in total. The lowest BCUT2D eigenvalue weighted by molar-refractivity contribution is 0.978. The summed E-state index contributed by atoms with van der Waals surface area (Å²) in [5, 5.41) is 4.20. The first-order chi connectivity index (χ1) is 4.24. The van der Waals surface area contributed by atoms with E-state index in [-0.39, 0.29) is 0 Å². The Morgan fingerprint density at radius 1 is 1.89 bits per heavy atom. The van der Waals surface area contributed by atoms with Crippen LogP contribution in [0.1, 0.15) is 5.69 Å². The fourth-order valence-electron chi connectivity index (χ4n) is 0.482. The van der Waals surface area contributed by atoms with E-state index in [1.54, 1.807) is 0 Å². The van der Waals surface area contributed by atoms with Crippen molar-refractivity contribution in [3.05, 3.63) is 16.4 Å². The first-order valence-corrected chi connectivity index (χ1v) is 7.18. The molecule has 1 unspecified atom stereocenters. The number of hydrogen-bond acceptors (Lipinski definition) is 1. The topological polar surface area (TPSA) is 17.8 Å². The highest BCUT2D eigenvalue weighted by molar-refractivity contribution is 14.2. The van der Waals surface area contributed by atoms with Crippen molar-refractivity contribution in [2.45, 2.75) is 6.92 Å². The third-order valence-electron chi connectivity index (χ3n) is 0.926. The van der Waals surface area contributed by atoms with Gasteiger partial charge in [-0.15, -0.1) is 0 Å². The van der Waals surface area contributed by atoms with Crippen molar-refractivity contribution in [3.63, 3.8) is 0 Å². The second-order valence-electron chi connectivity index (χ2n) is 1.59. The Kier molecular flexibility index (Phi) is 2.92. The zero-order valence-electron chi connectivity index (χ0n) is 4.73. The molecule has 0 fully saturated rings. The zero-order valence-corrected chi connectivity index (χ0v) is 9.47. The zero-order chi connectivity index (χ0) is 6.85. The molecule has 0 N–H and O–H groups in total. The smallest absolute Gasteiger partial charge is 0.0739 e. The molecule has 1 aromatic rings. The molecule has 0 aliphatic heterocycles. The van der Waals surface area contributed by atoms with Gasteiger partial charge in [0, 0.05) is 6.20 Å². The Hall–Kier alpha value is 0.850. The highest BCUT2D eigenvalue weighted by Crippen LogP contribution is 2.25. The van der Waals surface area contributed by atoms with E-state index in [2.05, 4.69) is 43.1 Å².